The van der Waals surface area contributed by atoms with Crippen LogP contribution in [0.4, 0.5) is 15.8 Å². The minimum Gasteiger partial charge on any atom is -0.324 e. The number of hydrogen-bond acceptors (Lipinski definition) is 4. The molecular formula is C32H26Cl2FN3O3S. The van der Waals surface area contributed by atoms with Crippen LogP contribution in [0.3, 0.4) is 0 Å². The molecule has 0 bridgehead atoms. The Kier molecular flexibility index (Phi) is 10.8. The van der Waals surface area contributed by atoms with Crippen LogP contribution in [0.25, 0.3) is 6.08 Å². The molecule has 3 N–H and O–H groups in total. The molecule has 0 fully saturated rings. The summed E-state index contributed by atoms with van der Waals surface area (Å²) in [5.41, 5.74) is 1.17. The molecule has 6 nitrogen and oxygen atoms in total. The summed E-state index contributed by atoms with van der Waals surface area (Å²) >= 11 is 13.6. The summed E-state index contributed by atoms with van der Waals surface area (Å²) in [6, 6.07) is 26.1. The van der Waals surface area contributed by atoms with E-state index in [4.69, 9.17) is 23.2 Å². The number of nitrogens with one attached hydrogen (secondary N) is 3. The van der Waals surface area contributed by atoms with Crippen molar-refractivity contribution in [2.45, 2.75) is 23.5 Å². The van der Waals surface area contributed by atoms with Gasteiger partial charge in [-0.25, -0.2) is 4.39 Å². The lowest BCUT2D eigenvalue weighted by Crippen LogP contribution is -2.30. The zero-order chi connectivity index (χ0) is 30.1. The first-order valence-corrected chi connectivity index (χ1v) is 14.5. The van der Waals surface area contributed by atoms with Gasteiger partial charge in [0, 0.05) is 26.7 Å². The quantitative estimate of drug-likeness (QED) is 0.123. The molecule has 214 valence electrons. The van der Waals surface area contributed by atoms with Gasteiger partial charge in [-0.3, -0.25) is 14.4 Å². The second kappa shape index (κ2) is 14.7. The van der Waals surface area contributed by atoms with Crippen molar-refractivity contribution in [3.05, 3.63) is 130 Å². The van der Waals surface area contributed by atoms with Crippen molar-refractivity contribution in [1.29, 1.82) is 0 Å². The van der Waals surface area contributed by atoms with Crippen LogP contribution in [-0.4, -0.2) is 23.0 Å². The molecule has 0 saturated carbocycles. The number of anilines is 2. The van der Waals surface area contributed by atoms with E-state index in [1.54, 1.807) is 72.8 Å². The van der Waals surface area contributed by atoms with Gasteiger partial charge in [0.05, 0.1) is 16.0 Å². The molecule has 0 radical (unpaired) electrons. The number of thioether (sulfide) groups is 1. The molecule has 0 aliphatic carbocycles. The molecule has 1 atom stereocenters. The van der Waals surface area contributed by atoms with Crippen LogP contribution in [0.2, 0.25) is 10.0 Å². The molecule has 4 aromatic carbocycles. The number of carbonyl (C=O) groups is 3. The van der Waals surface area contributed by atoms with Crippen LogP contribution >= 0.6 is 35.0 Å². The van der Waals surface area contributed by atoms with Gasteiger partial charge in [-0.2, -0.15) is 0 Å². The molecule has 4 aromatic rings. The number of amides is 3. The molecule has 0 aliphatic rings. The largest absolute Gasteiger partial charge is 0.324 e. The lowest BCUT2D eigenvalue weighted by Gasteiger charge is -2.16. The first-order chi connectivity index (χ1) is 20.2. The van der Waals surface area contributed by atoms with Crippen LogP contribution in [0, 0.1) is 5.82 Å². The van der Waals surface area contributed by atoms with E-state index in [0.29, 0.717) is 33.4 Å². The van der Waals surface area contributed by atoms with Gasteiger partial charge in [0.25, 0.3) is 11.8 Å². The maximum Gasteiger partial charge on any atom is 0.272 e. The standard InChI is InChI=1S/C32H26Cl2FN3O3S/c1-2-29(32(41)37-27-18-22(33)15-16-25(27)34)42-24-13-8-12-23(19-24)36-31(40)28(17-21-11-6-7-14-26(21)35)38-30(39)20-9-4-3-5-10-20/h3-19,29H,2H2,1H3,(H,36,40)(H,37,41)(H,38,39)/b28-17-. The van der Waals surface area contributed by atoms with Crippen molar-refractivity contribution in [3.8, 4) is 0 Å². The lowest BCUT2D eigenvalue weighted by atomic mass is 10.1. The second-order valence-electron chi connectivity index (χ2n) is 9.01. The van der Waals surface area contributed by atoms with E-state index in [2.05, 4.69) is 16.0 Å². The number of rotatable bonds is 10. The van der Waals surface area contributed by atoms with Gasteiger partial charge in [-0.05, 0) is 67.1 Å². The molecule has 10 heteroatoms. The van der Waals surface area contributed by atoms with Crippen LogP contribution in [0.1, 0.15) is 29.3 Å². The Bertz CT molecular complexity index is 1630. The molecule has 0 spiro atoms. The maximum absolute atomic E-state index is 14.4. The van der Waals surface area contributed by atoms with E-state index in [1.807, 2.05) is 13.0 Å². The monoisotopic (exact) mass is 621 g/mol. The first-order valence-electron chi connectivity index (χ1n) is 12.9. The van der Waals surface area contributed by atoms with Gasteiger partial charge in [-0.15, -0.1) is 11.8 Å². The third-order valence-electron chi connectivity index (χ3n) is 5.95. The summed E-state index contributed by atoms with van der Waals surface area (Å²) in [6.07, 6.45) is 1.80. The maximum atomic E-state index is 14.4. The highest BCUT2D eigenvalue weighted by atomic mass is 35.5. The topological polar surface area (TPSA) is 87.3 Å². The van der Waals surface area contributed by atoms with Crippen molar-refractivity contribution in [2.24, 2.45) is 0 Å². The number of hydrogen-bond donors (Lipinski definition) is 3. The Morgan fingerprint density at radius 2 is 1.62 bits per heavy atom. The second-order valence-corrected chi connectivity index (χ2v) is 11.1. The smallest absolute Gasteiger partial charge is 0.272 e. The lowest BCUT2D eigenvalue weighted by molar-refractivity contribution is -0.116. The minimum atomic E-state index is -0.648. The Labute approximate surface area is 257 Å². The van der Waals surface area contributed by atoms with Crippen molar-refractivity contribution >= 4 is 70.1 Å². The average molecular weight is 623 g/mol. The minimum absolute atomic E-state index is 0.136. The van der Waals surface area contributed by atoms with E-state index >= 15 is 0 Å². The van der Waals surface area contributed by atoms with Gasteiger partial charge >= 0.3 is 0 Å². The van der Waals surface area contributed by atoms with Crippen LogP contribution in [0.5, 0.6) is 0 Å². The summed E-state index contributed by atoms with van der Waals surface area (Å²) in [5, 5.41) is 8.53. The highest BCUT2D eigenvalue weighted by Gasteiger charge is 2.20. The van der Waals surface area contributed by atoms with Crippen LogP contribution in [0.15, 0.2) is 108 Å². The summed E-state index contributed by atoms with van der Waals surface area (Å²) < 4.78 is 14.4. The zero-order valence-electron chi connectivity index (χ0n) is 22.4. The molecule has 0 aliphatic heterocycles. The molecule has 4 rings (SSSR count). The summed E-state index contributed by atoms with van der Waals surface area (Å²) in [7, 11) is 0. The number of carbonyl (C=O) groups excluding carboxylic acids is 3. The van der Waals surface area contributed by atoms with E-state index in [-0.39, 0.29) is 17.2 Å². The molecule has 42 heavy (non-hydrogen) atoms. The molecule has 0 saturated heterocycles. The summed E-state index contributed by atoms with van der Waals surface area (Å²) in [4.78, 5) is 39.9. The van der Waals surface area contributed by atoms with Crippen molar-refractivity contribution in [3.63, 3.8) is 0 Å². The normalized spacial score (nSPS) is 11.9. The number of halogens is 3. The summed E-state index contributed by atoms with van der Waals surface area (Å²) in [5.74, 6) is -1.96. The van der Waals surface area contributed by atoms with E-state index < -0.39 is 22.9 Å². The zero-order valence-corrected chi connectivity index (χ0v) is 24.7. The van der Waals surface area contributed by atoms with Crippen LogP contribution in [-0.2, 0) is 9.59 Å². The first kappa shape index (κ1) is 30.8. The van der Waals surface area contributed by atoms with E-state index in [9.17, 15) is 18.8 Å². The highest BCUT2D eigenvalue weighted by Crippen LogP contribution is 2.31. The third-order valence-corrected chi connectivity index (χ3v) is 7.88. The third kappa shape index (κ3) is 8.45. The van der Waals surface area contributed by atoms with Crippen molar-refractivity contribution in [1.82, 2.24) is 5.32 Å². The Hall–Kier alpha value is -4.11. The molecule has 3 amide bonds. The summed E-state index contributed by atoms with van der Waals surface area (Å²) in [6.45, 7) is 1.89. The molecule has 0 heterocycles. The Morgan fingerprint density at radius 1 is 0.881 bits per heavy atom. The molecule has 0 aromatic heterocycles. The van der Waals surface area contributed by atoms with Crippen molar-refractivity contribution < 1.29 is 18.8 Å². The highest BCUT2D eigenvalue weighted by molar-refractivity contribution is 8.00. The van der Waals surface area contributed by atoms with Crippen molar-refractivity contribution in [2.75, 3.05) is 10.6 Å². The van der Waals surface area contributed by atoms with E-state index in [1.165, 1.54) is 36.0 Å². The van der Waals surface area contributed by atoms with E-state index in [0.717, 1.165) is 4.90 Å². The van der Waals surface area contributed by atoms with Crippen LogP contribution < -0.4 is 16.0 Å². The van der Waals surface area contributed by atoms with Gasteiger partial charge in [0.15, 0.2) is 0 Å². The molecule has 1 unspecified atom stereocenters. The molecular weight excluding hydrogens is 596 g/mol. The SMILES string of the molecule is CCC(Sc1cccc(NC(=O)/C(=C/c2ccccc2F)NC(=O)c2ccccc2)c1)C(=O)Nc1cc(Cl)ccc1Cl. The predicted molar refractivity (Wildman–Crippen MR) is 168 cm³/mol. The van der Waals surface area contributed by atoms with Gasteiger partial charge < -0.3 is 16.0 Å². The van der Waals surface area contributed by atoms with Gasteiger partial charge in [0.1, 0.15) is 11.5 Å². The van der Waals surface area contributed by atoms with Gasteiger partial charge in [-0.1, -0.05) is 72.6 Å². The van der Waals surface area contributed by atoms with Gasteiger partial charge in [0.2, 0.25) is 5.91 Å². The predicted octanol–water partition coefficient (Wildman–Crippen LogP) is 8.05. The fourth-order valence-electron chi connectivity index (χ4n) is 3.83. The Morgan fingerprint density at radius 3 is 2.36 bits per heavy atom. The fraction of sp³-hybridized carbons (Fsp3) is 0.0938. The fourth-order valence-corrected chi connectivity index (χ4v) is 5.18. The Balaban J connectivity index is 1.51. The number of benzene rings is 4. The average Bonchev–Trinajstić information content (AvgIpc) is 2.99.